The normalized spacial score (nSPS) is 15.0. The van der Waals surface area contributed by atoms with Gasteiger partial charge in [0.05, 0.1) is 13.5 Å². The van der Waals surface area contributed by atoms with Crippen LogP contribution in [0.4, 0.5) is 5.13 Å². The van der Waals surface area contributed by atoms with Crippen molar-refractivity contribution in [3.8, 4) is 5.75 Å². The predicted molar refractivity (Wildman–Crippen MR) is 96.7 cm³/mol. The number of carbonyl (C=O) groups excluding carboxylic acids is 2. The summed E-state index contributed by atoms with van der Waals surface area (Å²) in [6.07, 6.45) is 3.38. The average molecular weight is 359 g/mol. The number of likely N-dealkylation sites (tertiary alicyclic amines) is 1. The molecule has 3 rings (SSSR count). The summed E-state index contributed by atoms with van der Waals surface area (Å²) in [5.74, 6) is 0.773. The fraction of sp³-hybridized carbons (Fsp3) is 0.389. The van der Waals surface area contributed by atoms with Crippen LogP contribution in [0.15, 0.2) is 35.8 Å². The lowest BCUT2D eigenvalue weighted by Gasteiger charge is -2.31. The van der Waals surface area contributed by atoms with Gasteiger partial charge < -0.3 is 15.0 Å². The number of hydrogen-bond donors (Lipinski definition) is 1. The predicted octanol–water partition coefficient (Wildman–Crippen LogP) is 2.57. The topological polar surface area (TPSA) is 71.5 Å². The van der Waals surface area contributed by atoms with E-state index in [1.807, 2.05) is 34.5 Å². The number of rotatable bonds is 5. The van der Waals surface area contributed by atoms with Crippen LogP contribution in [-0.4, -0.2) is 41.9 Å². The van der Waals surface area contributed by atoms with Crippen molar-refractivity contribution in [1.82, 2.24) is 9.88 Å². The molecular weight excluding hydrogens is 338 g/mol. The van der Waals surface area contributed by atoms with E-state index in [9.17, 15) is 9.59 Å². The Morgan fingerprint density at radius 2 is 2.16 bits per heavy atom. The maximum atomic E-state index is 12.5. The van der Waals surface area contributed by atoms with Gasteiger partial charge in [-0.1, -0.05) is 12.1 Å². The Balaban J connectivity index is 1.49. The molecule has 132 valence electrons. The number of ether oxygens (including phenoxy) is 1. The average Bonchev–Trinajstić information content (AvgIpc) is 3.15. The lowest BCUT2D eigenvalue weighted by molar-refractivity contribution is -0.133. The Labute approximate surface area is 150 Å². The largest absolute Gasteiger partial charge is 0.497 e. The molecule has 2 aromatic rings. The number of piperidine rings is 1. The van der Waals surface area contributed by atoms with Crippen LogP contribution in [-0.2, 0) is 16.0 Å². The Morgan fingerprint density at radius 3 is 2.84 bits per heavy atom. The minimum Gasteiger partial charge on any atom is -0.497 e. The second-order valence-corrected chi connectivity index (χ2v) is 6.90. The van der Waals surface area contributed by atoms with E-state index in [4.69, 9.17) is 4.74 Å². The van der Waals surface area contributed by atoms with Crippen molar-refractivity contribution in [3.05, 3.63) is 41.4 Å². The second-order valence-electron chi connectivity index (χ2n) is 6.01. The van der Waals surface area contributed by atoms with Crippen LogP contribution in [0.5, 0.6) is 5.75 Å². The number of hydrogen-bond acceptors (Lipinski definition) is 5. The van der Waals surface area contributed by atoms with Gasteiger partial charge >= 0.3 is 0 Å². The molecule has 7 heteroatoms. The van der Waals surface area contributed by atoms with Crippen molar-refractivity contribution in [2.24, 2.45) is 5.92 Å². The van der Waals surface area contributed by atoms with Crippen LogP contribution in [0.2, 0.25) is 0 Å². The number of methoxy groups -OCH3 is 1. The number of nitrogens with zero attached hydrogens (tertiary/aromatic N) is 2. The second kappa shape index (κ2) is 8.11. The summed E-state index contributed by atoms with van der Waals surface area (Å²) in [6, 6.07) is 7.55. The van der Waals surface area contributed by atoms with E-state index in [-0.39, 0.29) is 17.7 Å². The summed E-state index contributed by atoms with van der Waals surface area (Å²) in [4.78, 5) is 30.6. The summed E-state index contributed by atoms with van der Waals surface area (Å²) < 4.78 is 5.19. The fourth-order valence-corrected chi connectivity index (χ4v) is 3.48. The number of benzene rings is 1. The smallest absolute Gasteiger partial charge is 0.229 e. The first kappa shape index (κ1) is 17.4. The third-order valence-electron chi connectivity index (χ3n) is 4.37. The highest BCUT2D eigenvalue weighted by molar-refractivity contribution is 7.13. The van der Waals surface area contributed by atoms with Crippen molar-refractivity contribution in [3.63, 3.8) is 0 Å². The van der Waals surface area contributed by atoms with Crippen molar-refractivity contribution >= 4 is 28.3 Å². The first-order chi connectivity index (χ1) is 12.2. The Morgan fingerprint density at radius 1 is 1.36 bits per heavy atom. The highest BCUT2D eigenvalue weighted by atomic mass is 32.1. The van der Waals surface area contributed by atoms with E-state index in [0.717, 1.165) is 11.3 Å². The van der Waals surface area contributed by atoms with Gasteiger partial charge in [-0.3, -0.25) is 9.59 Å². The molecule has 25 heavy (non-hydrogen) atoms. The molecule has 0 spiro atoms. The molecule has 6 nitrogen and oxygen atoms in total. The van der Waals surface area contributed by atoms with Crippen LogP contribution >= 0.6 is 11.3 Å². The molecule has 2 amide bonds. The van der Waals surface area contributed by atoms with Crippen molar-refractivity contribution in [2.75, 3.05) is 25.5 Å². The minimum atomic E-state index is -0.0650. The summed E-state index contributed by atoms with van der Waals surface area (Å²) in [5.41, 5.74) is 0.938. The highest BCUT2D eigenvalue weighted by Gasteiger charge is 2.27. The number of nitrogens with one attached hydrogen (secondary N) is 1. The molecule has 0 atom stereocenters. The van der Waals surface area contributed by atoms with E-state index in [1.54, 1.807) is 13.3 Å². The van der Waals surface area contributed by atoms with Gasteiger partial charge in [-0.2, -0.15) is 0 Å². The summed E-state index contributed by atoms with van der Waals surface area (Å²) in [6.45, 7) is 1.22. The van der Waals surface area contributed by atoms with Gasteiger partial charge in [0, 0.05) is 30.6 Å². The molecule has 0 saturated carbocycles. The van der Waals surface area contributed by atoms with Crippen molar-refractivity contribution in [1.29, 1.82) is 0 Å². The molecule has 1 aromatic carbocycles. The lowest BCUT2D eigenvalue weighted by Crippen LogP contribution is -2.42. The fourth-order valence-electron chi connectivity index (χ4n) is 2.95. The first-order valence-electron chi connectivity index (χ1n) is 8.27. The Kier molecular flexibility index (Phi) is 5.65. The van der Waals surface area contributed by atoms with Crippen LogP contribution in [0, 0.1) is 5.92 Å². The van der Waals surface area contributed by atoms with Gasteiger partial charge in [-0.25, -0.2) is 4.98 Å². The summed E-state index contributed by atoms with van der Waals surface area (Å²) in [7, 11) is 1.61. The van der Waals surface area contributed by atoms with E-state index in [0.29, 0.717) is 37.5 Å². The molecule has 0 aliphatic carbocycles. The molecule has 1 aliphatic heterocycles. The van der Waals surface area contributed by atoms with Gasteiger partial charge in [0.25, 0.3) is 0 Å². The highest BCUT2D eigenvalue weighted by Crippen LogP contribution is 2.21. The Hall–Kier alpha value is -2.41. The van der Waals surface area contributed by atoms with Crippen LogP contribution in [0.1, 0.15) is 18.4 Å². The molecule has 1 aliphatic rings. The van der Waals surface area contributed by atoms with Gasteiger partial charge in [0.2, 0.25) is 11.8 Å². The molecule has 1 N–H and O–H groups in total. The van der Waals surface area contributed by atoms with E-state index in [1.165, 1.54) is 11.3 Å². The zero-order valence-electron chi connectivity index (χ0n) is 14.1. The third kappa shape index (κ3) is 4.57. The van der Waals surface area contributed by atoms with Crippen LogP contribution in [0.25, 0.3) is 0 Å². The van der Waals surface area contributed by atoms with Gasteiger partial charge in [-0.05, 0) is 30.5 Å². The van der Waals surface area contributed by atoms with E-state index in [2.05, 4.69) is 10.3 Å². The molecule has 1 fully saturated rings. The zero-order valence-corrected chi connectivity index (χ0v) is 14.9. The lowest BCUT2D eigenvalue weighted by atomic mass is 9.95. The molecule has 0 bridgehead atoms. The van der Waals surface area contributed by atoms with Gasteiger partial charge in [-0.15, -0.1) is 11.3 Å². The molecule has 1 aromatic heterocycles. The number of anilines is 1. The number of aromatic nitrogens is 1. The molecule has 2 heterocycles. The molecule has 0 radical (unpaired) electrons. The maximum absolute atomic E-state index is 12.5. The molecular formula is C18H21N3O3S. The van der Waals surface area contributed by atoms with Crippen LogP contribution < -0.4 is 10.1 Å². The zero-order chi connectivity index (χ0) is 17.6. The molecule has 1 saturated heterocycles. The van der Waals surface area contributed by atoms with Gasteiger partial charge in [0.1, 0.15) is 5.75 Å². The van der Waals surface area contributed by atoms with E-state index < -0.39 is 0 Å². The number of thiazole rings is 1. The quantitative estimate of drug-likeness (QED) is 0.891. The number of amides is 2. The summed E-state index contributed by atoms with van der Waals surface area (Å²) >= 11 is 1.41. The first-order valence-corrected chi connectivity index (χ1v) is 9.14. The summed E-state index contributed by atoms with van der Waals surface area (Å²) in [5, 5.41) is 5.29. The maximum Gasteiger partial charge on any atom is 0.229 e. The van der Waals surface area contributed by atoms with Crippen molar-refractivity contribution < 1.29 is 14.3 Å². The standard InChI is InChI=1S/C18H21N3O3S/c1-24-15-4-2-3-13(11-15)12-16(22)21-8-5-14(6-9-21)17(23)20-18-19-7-10-25-18/h2-4,7,10-11,14H,5-6,8-9,12H2,1H3,(H,19,20,23). The number of carbonyl (C=O) groups is 2. The third-order valence-corrected chi connectivity index (χ3v) is 5.06. The molecule has 0 unspecified atom stereocenters. The van der Waals surface area contributed by atoms with Crippen LogP contribution in [0.3, 0.4) is 0 Å². The van der Waals surface area contributed by atoms with Crippen molar-refractivity contribution in [2.45, 2.75) is 19.3 Å². The minimum absolute atomic E-state index is 0.00477. The Bertz CT molecular complexity index is 725. The SMILES string of the molecule is COc1cccc(CC(=O)N2CCC(C(=O)Nc3nccs3)CC2)c1. The monoisotopic (exact) mass is 359 g/mol. The van der Waals surface area contributed by atoms with Gasteiger partial charge in [0.15, 0.2) is 5.13 Å². The van der Waals surface area contributed by atoms with E-state index >= 15 is 0 Å².